The molecule has 8 heteroatoms. The SMILES string of the molecule is CC(C)CN(CC(=O)c1c(-c2ccccc2)[nH]n(-c2ccccc2)c1=O)C(=O)COc1ccc(Cl)cc1. The Morgan fingerprint density at radius 3 is 2.19 bits per heavy atom. The highest BCUT2D eigenvalue weighted by molar-refractivity contribution is 6.30. The Kier molecular flexibility index (Phi) is 8.25. The van der Waals surface area contributed by atoms with Crippen LogP contribution in [0.4, 0.5) is 0 Å². The number of H-pyrrole nitrogens is 1. The quantitative estimate of drug-likeness (QED) is 0.292. The van der Waals surface area contributed by atoms with Crippen LogP contribution in [-0.4, -0.2) is 46.1 Å². The van der Waals surface area contributed by atoms with E-state index in [1.165, 1.54) is 9.58 Å². The highest BCUT2D eigenvalue weighted by Gasteiger charge is 2.27. The topological polar surface area (TPSA) is 84.4 Å². The van der Waals surface area contributed by atoms with Crippen LogP contribution in [0.5, 0.6) is 5.75 Å². The summed E-state index contributed by atoms with van der Waals surface area (Å²) in [5.41, 5.74) is 1.26. The predicted octanol–water partition coefficient (Wildman–Crippen LogP) is 5.23. The Labute approximate surface area is 220 Å². The van der Waals surface area contributed by atoms with E-state index in [9.17, 15) is 14.4 Å². The molecule has 0 fully saturated rings. The lowest BCUT2D eigenvalue weighted by Crippen LogP contribution is -2.41. The molecular formula is C29H28ClN3O4. The van der Waals surface area contributed by atoms with Crippen LogP contribution in [0.3, 0.4) is 0 Å². The summed E-state index contributed by atoms with van der Waals surface area (Å²) in [7, 11) is 0. The molecule has 1 N–H and O–H groups in total. The average molecular weight is 518 g/mol. The second-order valence-corrected chi connectivity index (χ2v) is 9.47. The fraction of sp³-hybridized carbons (Fsp3) is 0.207. The van der Waals surface area contributed by atoms with Crippen LogP contribution in [0.2, 0.25) is 5.02 Å². The van der Waals surface area contributed by atoms with Crippen molar-refractivity contribution in [3.05, 3.63) is 106 Å². The Morgan fingerprint density at radius 1 is 0.946 bits per heavy atom. The number of ether oxygens (including phenoxy) is 1. The molecule has 0 saturated heterocycles. The van der Waals surface area contributed by atoms with Crippen molar-refractivity contribution in [1.29, 1.82) is 0 Å². The molecule has 0 spiro atoms. The zero-order valence-corrected chi connectivity index (χ0v) is 21.4. The van der Waals surface area contributed by atoms with E-state index in [0.29, 0.717) is 34.3 Å². The van der Waals surface area contributed by atoms with Crippen molar-refractivity contribution in [3.63, 3.8) is 0 Å². The molecule has 1 heterocycles. The molecule has 0 aliphatic rings. The first kappa shape index (κ1) is 26.0. The molecule has 7 nitrogen and oxygen atoms in total. The van der Waals surface area contributed by atoms with E-state index in [1.54, 1.807) is 36.4 Å². The number of para-hydroxylation sites is 1. The van der Waals surface area contributed by atoms with Crippen LogP contribution in [0.25, 0.3) is 16.9 Å². The number of nitrogens with one attached hydrogen (secondary N) is 1. The van der Waals surface area contributed by atoms with Crippen molar-refractivity contribution in [2.75, 3.05) is 19.7 Å². The first-order valence-corrected chi connectivity index (χ1v) is 12.4. The fourth-order valence-electron chi connectivity index (χ4n) is 3.98. The molecule has 0 atom stereocenters. The van der Waals surface area contributed by atoms with Gasteiger partial charge in [0.25, 0.3) is 11.5 Å². The van der Waals surface area contributed by atoms with E-state index >= 15 is 0 Å². The number of hydrogen-bond donors (Lipinski definition) is 1. The van der Waals surface area contributed by atoms with Crippen LogP contribution >= 0.6 is 11.6 Å². The Morgan fingerprint density at radius 2 is 1.57 bits per heavy atom. The van der Waals surface area contributed by atoms with Gasteiger partial charge in [0.2, 0.25) is 0 Å². The fourth-order valence-corrected chi connectivity index (χ4v) is 4.11. The second kappa shape index (κ2) is 11.8. The minimum absolute atomic E-state index is 0.00947. The molecule has 0 radical (unpaired) electrons. The third-order valence-electron chi connectivity index (χ3n) is 5.69. The van der Waals surface area contributed by atoms with E-state index in [1.807, 2.05) is 62.4 Å². The maximum Gasteiger partial charge on any atom is 0.282 e. The van der Waals surface area contributed by atoms with Crippen molar-refractivity contribution in [2.45, 2.75) is 13.8 Å². The number of aromatic amines is 1. The van der Waals surface area contributed by atoms with Crippen LogP contribution < -0.4 is 10.3 Å². The van der Waals surface area contributed by atoms with Gasteiger partial charge < -0.3 is 9.64 Å². The highest BCUT2D eigenvalue weighted by Crippen LogP contribution is 2.22. The van der Waals surface area contributed by atoms with Crippen molar-refractivity contribution < 1.29 is 14.3 Å². The predicted molar refractivity (Wildman–Crippen MR) is 145 cm³/mol. The molecule has 4 aromatic rings. The minimum atomic E-state index is -0.468. The molecule has 1 amide bonds. The lowest BCUT2D eigenvalue weighted by Gasteiger charge is -2.24. The molecule has 0 unspecified atom stereocenters. The maximum atomic E-state index is 13.6. The van der Waals surface area contributed by atoms with E-state index < -0.39 is 11.3 Å². The van der Waals surface area contributed by atoms with Gasteiger partial charge in [0.1, 0.15) is 11.3 Å². The lowest BCUT2D eigenvalue weighted by atomic mass is 10.0. The third kappa shape index (κ3) is 6.37. The molecular weight excluding hydrogens is 490 g/mol. The van der Waals surface area contributed by atoms with Gasteiger partial charge in [-0.05, 0) is 42.3 Å². The Hall–Kier alpha value is -4.10. The minimum Gasteiger partial charge on any atom is -0.484 e. The standard InChI is InChI=1S/C29H28ClN3O4/c1-20(2)17-32(26(35)19-37-24-15-13-22(30)14-16-24)18-25(34)27-28(21-9-5-3-6-10-21)31-33(29(27)36)23-11-7-4-8-12-23/h3-16,20,31H,17-19H2,1-2H3. The second-order valence-electron chi connectivity index (χ2n) is 9.04. The zero-order valence-electron chi connectivity index (χ0n) is 20.7. The van der Waals surface area contributed by atoms with Gasteiger partial charge in [0, 0.05) is 17.1 Å². The number of carbonyl (C=O) groups excluding carboxylic acids is 2. The van der Waals surface area contributed by atoms with E-state index in [2.05, 4.69) is 5.10 Å². The van der Waals surface area contributed by atoms with Gasteiger partial charge in [-0.1, -0.05) is 74.0 Å². The molecule has 37 heavy (non-hydrogen) atoms. The van der Waals surface area contributed by atoms with E-state index in [4.69, 9.17) is 16.3 Å². The number of ketones is 1. The van der Waals surface area contributed by atoms with Gasteiger partial charge in [0.15, 0.2) is 12.4 Å². The molecule has 0 aliphatic heterocycles. The van der Waals surface area contributed by atoms with Gasteiger partial charge in [-0.2, -0.15) is 0 Å². The smallest absolute Gasteiger partial charge is 0.282 e. The van der Waals surface area contributed by atoms with Crippen LogP contribution in [0.15, 0.2) is 89.7 Å². The summed E-state index contributed by atoms with van der Waals surface area (Å²) in [5, 5.41) is 3.66. The monoisotopic (exact) mass is 517 g/mol. The van der Waals surface area contributed by atoms with Crippen LogP contribution in [0.1, 0.15) is 24.2 Å². The number of carbonyl (C=O) groups is 2. The molecule has 0 aliphatic carbocycles. The summed E-state index contributed by atoms with van der Waals surface area (Å²) in [4.78, 5) is 41.6. The number of aromatic nitrogens is 2. The van der Waals surface area contributed by atoms with Crippen LogP contribution in [-0.2, 0) is 4.79 Å². The van der Waals surface area contributed by atoms with Crippen LogP contribution in [0, 0.1) is 5.92 Å². The zero-order chi connectivity index (χ0) is 26.4. The molecule has 0 bridgehead atoms. The van der Waals surface area contributed by atoms with Gasteiger partial charge in [-0.15, -0.1) is 0 Å². The number of nitrogens with zero attached hydrogens (tertiary/aromatic N) is 2. The van der Waals surface area contributed by atoms with Gasteiger partial charge in [-0.25, -0.2) is 4.68 Å². The molecule has 3 aromatic carbocycles. The summed E-state index contributed by atoms with van der Waals surface area (Å²) < 4.78 is 6.97. The Bertz CT molecular complexity index is 1410. The van der Waals surface area contributed by atoms with E-state index in [-0.39, 0.29) is 30.5 Å². The summed E-state index contributed by atoms with van der Waals surface area (Å²) >= 11 is 5.91. The summed E-state index contributed by atoms with van der Waals surface area (Å²) in [6.45, 7) is 3.77. The van der Waals surface area contributed by atoms with Crippen molar-refractivity contribution in [3.8, 4) is 22.7 Å². The number of Topliss-reactive ketones (excluding diaryl/α,β-unsaturated/α-hetero) is 1. The molecule has 0 saturated carbocycles. The Balaban J connectivity index is 1.63. The van der Waals surface area contributed by atoms with Crippen molar-refractivity contribution >= 4 is 23.3 Å². The maximum absolute atomic E-state index is 13.6. The first-order chi connectivity index (χ1) is 17.8. The average Bonchev–Trinajstić information content (AvgIpc) is 3.25. The number of hydrogen-bond acceptors (Lipinski definition) is 4. The number of benzene rings is 3. The molecule has 4 rings (SSSR count). The number of amides is 1. The van der Waals surface area contributed by atoms with Gasteiger partial charge >= 0.3 is 0 Å². The molecule has 190 valence electrons. The van der Waals surface area contributed by atoms with Crippen molar-refractivity contribution in [2.24, 2.45) is 5.92 Å². The summed E-state index contributed by atoms with van der Waals surface area (Å²) in [5.74, 6) is -0.197. The summed E-state index contributed by atoms with van der Waals surface area (Å²) in [6.07, 6.45) is 0. The normalized spacial score (nSPS) is 10.9. The summed E-state index contributed by atoms with van der Waals surface area (Å²) in [6, 6.07) is 24.9. The first-order valence-electron chi connectivity index (χ1n) is 12.0. The van der Waals surface area contributed by atoms with E-state index in [0.717, 1.165) is 0 Å². The third-order valence-corrected chi connectivity index (χ3v) is 5.95. The number of halogens is 1. The van der Waals surface area contributed by atoms with Gasteiger partial charge in [-0.3, -0.25) is 19.5 Å². The molecule has 1 aromatic heterocycles. The largest absolute Gasteiger partial charge is 0.484 e. The van der Waals surface area contributed by atoms with Crippen molar-refractivity contribution in [1.82, 2.24) is 14.7 Å². The lowest BCUT2D eigenvalue weighted by molar-refractivity contribution is -0.133. The van der Waals surface area contributed by atoms with Gasteiger partial charge in [0.05, 0.1) is 17.9 Å². The highest BCUT2D eigenvalue weighted by atomic mass is 35.5. The number of rotatable bonds is 10.